The number of halogens is 2. The molecule has 20 heavy (non-hydrogen) atoms. The monoisotopic (exact) mass is 292 g/mol. The first-order valence-electron chi connectivity index (χ1n) is 5.81. The molecule has 0 spiro atoms. The molecule has 1 heterocycles. The summed E-state index contributed by atoms with van der Waals surface area (Å²) in [5.41, 5.74) is 1.75. The second-order valence-electron chi connectivity index (χ2n) is 4.46. The lowest BCUT2D eigenvalue weighted by molar-refractivity contribution is 0.404. The SMILES string of the molecule is Cn1nc(-c2ccc(O)c(O)c2)c2cc(Cl)c(F)cc21. The first-order chi connectivity index (χ1) is 9.47. The van der Waals surface area contributed by atoms with Crippen molar-refractivity contribution in [2.24, 2.45) is 7.05 Å². The highest BCUT2D eigenvalue weighted by molar-refractivity contribution is 6.31. The van der Waals surface area contributed by atoms with E-state index < -0.39 is 5.82 Å². The number of phenols is 2. The maximum Gasteiger partial charge on any atom is 0.158 e. The van der Waals surface area contributed by atoms with Crippen LogP contribution in [0.4, 0.5) is 4.39 Å². The van der Waals surface area contributed by atoms with Crippen LogP contribution in [0.1, 0.15) is 0 Å². The second-order valence-corrected chi connectivity index (χ2v) is 4.87. The van der Waals surface area contributed by atoms with Gasteiger partial charge in [0.1, 0.15) is 11.5 Å². The number of benzene rings is 2. The lowest BCUT2D eigenvalue weighted by atomic mass is 10.1. The number of aromatic hydroxyl groups is 2. The molecule has 6 heteroatoms. The summed E-state index contributed by atoms with van der Waals surface area (Å²) in [4.78, 5) is 0. The highest BCUT2D eigenvalue weighted by Gasteiger charge is 2.14. The fourth-order valence-corrected chi connectivity index (χ4v) is 2.30. The summed E-state index contributed by atoms with van der Waals surface area (Å²) in [6.45, 7) is 0. The molecule has 0 aliphatic carbocycles. The first-order valence-corrected chi connectivity index (χ1v) is 6.19. The van der Waals surface area contributed by atoms with Gasteiger partial charge in [0, 0.05) is 24.1 Å². The third kappa shape index (κ3) is 1.87. The Morgan fingerprint density at radius 3 is 2.60 bits per heavy atom. The summed E-state index contributed by atoms with van der Waals surface area (Å²) in [7, 11) is 1.69. The lowest BCUT2D eigenvalue weighted by Crippen LogP contribution is -1.90. The molecular weight excluding hydrogens is 283 g/mol. The molecule has 3 aromatic rings. The minimum atomic E-state index is -0.512. The van der Waals surface area contributed by atoms with Crippen LogP contribution in [-0.2, 0) is 7.05 Å². The van der Waals surface area contributed by atoms with Crippen LogP contribution in [-0.4, -0.2) is 20.0 Å². The third-order valence-corrected chi connectivity index (χ3v) is 3.43. The summed E-state index contributed by atoms with van der Waals surface area (Å²) in [6, 6.07) is 7.20. The van der Waals surface area contributed by atoms with Crippen LogP contribution in [0.5, 0.6) is 11.5 Å². The molecule has 102 valence electrons. The van der Waals surface area contributed by atoms with Crippen LogP contribution in [0.25, 0.3) is 22.2 Å². The molecule has 0 bridgehead atoms. The van der Waals surface area contributed by atoms with Gasteiger partial charge < -0.3 is 10.2 Å². The van der Waals surface area contributed by atoms with Gasteiger partial charge in [-0.25, -0.2) is 4.39 Å². The van der Waals surface area contributed by atoms with Gasteiger partial charge in [-0.15, -0.1) is 0 Å². The van der Waals surface area contributed by atoms with Crippen LogP contribution >= 0.6 is 11.6 Å². The molecule has 2 N–H and O–H groups in total. The number of rotatable bonds is 1. The van der Waals surface area contributed by atoms with Crippen molar-refractivity contribution < 1.29 is 14.6 Å². The van der Waals surface area contributed by atoms with Crippen LogP contribution in [0.15, 0.2) is 30.3 Å². The predicted molar refractivity (Wildman–Crippen MR) is 74.4 cm³/mol. The van der Waals surface area contributed by atoms with Gasteiger partial charge in [-0.3, -0.25) is 4.68 Å². The van der Waals surface area contributed by atoms with E-state index in [4.69, 9.17) is 11.6 Å². The fourth-order valence-electron chi connectivity index (χ4n) is 2.14. The third-order valence-electron chi connectivity index (χ3n) is 3.14. The number of hydrogen-bond acceptors (Lipinski definition) is 3. The van der Waals surface area contributed by atoms with Gasteiger partial charge in [-0.05, 0) is 24.3 Å². The Bertz CT molecular complexity index is 830. The van der Waals surface area contributed by atoms with Crippen LogP contribution in [0.3, 0.4) is 0 Å². The molecule has 1 aromatic heterocycles. The average molecular weight is 293 g/mol. The number of phenolic OH excluding ortho intramolecular Hbond substituents is 2. The van der Waals surface area contributed by atoms with Crippen molar-refractivity contribution in [3.05, 3.63) is 41.2 Å². The van der Waals surface area contributed by atoms with Gasteiger partial charge in [-0.1, -0.05) is 11.6 Å². The first kappa shape index (κ1) is 12.7. The molecule has 2 aromatic carbocycles. The summed E-state index contributed by atoms with van der Waals surface area (Å²) in [5, 5.41) is 23.9. The second kappa shape index (κ2) is 4.38. The quantitative estimate of drug-likeness (QED) is 0.676. The summed E-state index contributed by atoms with van der Waals surface area (Å²) in [6.07, 6.45) is 0. The zero-order valence-corrected chi connectivity index (χ0v) is 11.2. The zero-order chi connectivity index (χ0) is 14.4. The number of hydrogen-bond donors (Lipinski definition) is 2. The summed E-state index contributed by atoms with van der Waals surface area (Å²) in [5.74, 6) is -0.963. The van der Waals surface area contributed by atoms with Crippen molar-refractivity contribution in [3.8, 4) is 22.8 Å². The van der Waals surface area contributed by atoms with E-state index in [1.807, 2.05) is 0 Å². The topological polar surface area (TPSA) is 58.3 Å². The van der Waals surface area contributed by atoms with Crippen molar-refractivity contribution in [2.75, 3.05) is 0 Å². The molecule has 0 fully saturated rings. The van der Waals surface area contributed by atoms with E-state index in [2.05, 4.69) is 5.10 Å². The predicted octanol–water partition coefficient (Wildman–Crippen LogP) is 3.44. The van der Waals surface area contributed by atoms with Gasteiger partial charge in [0.15, 0.2) is 11.5 Å². The number of aryl methyl sites for hydroxylation is 1. The van der Waals surface area contributed by atoms with E-state index >= 15 is 0 Å². The molecule has 0 unspecified atom stereocenters. The molecular formula is C14H10ClFN2O2. The molecule has 0 saturated carbocycles. The van der Waals surface area contributed by atoms with E-state index in [-0.39, 0.29) is 16.5 Å². The zero-order valence-electron chi connectivity index (χ0n) is 10.4. The highest BCUT2D eigenvalue weighted by atomic mass is 35.5. The van der Waals surface area contributed by atoms with Crippen LogP contribution in [0.2, 0.25) is 5.02 Å². The Hall–Kier alpha value is -2.27. The van der Waals surface area contributed by atoms with Crippen molar-refractivity contribution in [3.63, 3.8) is 0 Å². The van der Waals surface area contributed by atoms with Gasteiger partial charge in [-0.2, -0.15) is 5.10 Å². The maximum atomic E-state index is 13.5. The van der Waals surface area contributed by atoms with E-state index in [1.54, 1.807) is 13.1 Å². The minimum absolute atomic E-state index is 0.00903. The summed E-state index contributed by atoms with van der Waals surface area (Å²) >= 11 is 5.81. The van der Waals surface area contributed by atoms with E-state index in [1.165, 1.54) is 28.9 Å². The van der Waals surface area contributed by atoms with Crippen LogP contribution < -0.4 is 0 Å². The van der Waals surface area contributed by atoms with Crippen molar-refractivity contribution in [2.45, 2.75) is 0 Å². The number of fused-ring (bicyclic) bond motifs is 1. The summed E-state index contributed by atoms with van der Waals surface area (Å²) < 4.78 is 15.0. The van der Waals surface area contributed by atoms with E-state index in [0.29, 0.717) is 22.2 Å². The number of nitrogens with zero attached hydrogens (tertiary/aromatic N) is 2. The Morgan fingerprint density at radius 1 is 1.15 bits per heavy atom. The van der Waals surface area contributed by atoms with Gasteiger partial charge in [0.05, 0.1) is 10.5 Å². The molecule has 0 radical (unpaired) electrons. The largest absolute Gasteiger partial charge is 0.504 e. The van der Waals surface area contributed by atoms with Crippen molar-refractivity contribution in [1.29, 1.82) is 0 Å². The molecule has 0 saturated heterocycles. The average Bonchev–Trinajstić information content (AvgIpc) is 2.71. The lowest BCUT2D eigenvalue weighted by Gasteiger charge is -2.01. The number of aromatic nitrogens is 2. The van der Waals surface area contributed by atoms with Crippen molar-refractivity contribution in [1.82, 2.24) is 9.78 Å². The minimum Gasteiger partial charge on any atom is -0.504 e. The normalized spacial score (nSPS) is 11.2. The Labute approximate surface area is 118 Å². The van der Waals surface area contributed by atoms with Gasteiger partial charge in [0.2, 0.25) is 0 Å². The Balaban J connectivity index is 2.31. The van der Waals surface area contributed by atoms with E-state index in [9.17, 15) is 14.6 Å². The molecule has 4 nitrogen and oxygen atoms in total. The van der Waals surface area contributed by atoms with Crippen molar-refractivity contribution >= 4 is 22.5 Å². The Morgan fingerprint density at radius 2 is 1.90 bits per heavy atom. The standard InChI is InChI=1S/C14H10ClFN2O2/c1-18-11-6-10(16)9(15)5-8(11)14(17-18)7-2-3-12(19)13(20)4-7/h2-6,19-20H,1H3. The smallest absolute Gasteiger partial charge is 0.158 e. The molecule has 3 rings (SSSR count). The van der Waals surface area contributed by atoms with E-state index in [0.717, 1.165) is 0 Å². The van der Waals surface area contributed by atoms with Crippen LogP contribution in [0, 0.1) is 5.82 Å². The molecule has 0 amide bonds. The molecule has 0 atom stereocenters. The van der Waals surface area contributed by atoms with Gasteiger partial charge in [0.25, 0.3) is 0 Å². The maximum absolute atomic E-state index is 13.5. The molecule has 0 aliphatic rings. The molecule has 0 aliphatic heterocycles. The van der Waals surface area contributed by atoms with Gasteiger partial charge >= 0.3 is 0 Å². The Kier molecular flexibility index (Phi) is 2.79. The highest BCUT2D eigenvalue weighted by Crippen LogP contribution is 2.35. The fraction of sp³-hybridized carbons (Fsp3) is 0.0714.